The molecule has 0 saturated heterocycles. The second-order valence-electron chi connectivity index (χ2n) is 6.39. The quantitative estimate of drug-likeness (QED) is 0.793. The van der Waals surface area contributed by atoms with Crippen LogP contribution in [0.15, 0.2) is 53.4 Å². The first kappa shape index (κ1) is 19.4. The molecule has 0 radical (unpaired) electrons. The fraction of sp³-hybridized carbons (Fsp3) is 0.350. The highest BCUT2D eigenvalue weighted by Gasteiger charge is 2.24. The minimum absolute atomic E-state index is 0.0306. The van der Waals surface area contributed by atoms with Crippen LogP contribution >= 0.6 is 0 Å². The van der Waals surface area contributed by atoms with Crippen LogP contribution in [0, 0.1) is 0 Å². The molecule has 0 saturated carbocycles. The largest absolute Gasteiger partial charge is 0.376 e. The molecule has 0 spiro atoms. The summed E-state index contributed by atoms with van der Waals surface area (Å²) in [5.41, 5.74) is 2.75. The van der Waals surface area contributed by atoms with E-state index in [4.69, 9.17) is 0 Å². The first-order chi connectivity index (χ1) is 13.0. The molecule has 7 heteroatoms. The van der Waals surface area contributed by atoms with Crippen LogP contribution in [-0.2, 0) is 21.2 Å². The van der Waals surface area contributed by atoms with Gasteiger partial charge in [-0.3, -0.25) is 4.79 Å². The van der Waals surface area contributed by atoms with Gasteiger partial charge in [0.1, 0.15) is 0 Å². The van der Waals surface area contributed by atoms with E-state index in [9.17, 15) is 13.2 Å². The Morgan fingerprint density at radius 2 is 1.85 bits per heavy atom. The van der Waals surface area contributed by atoms with Crippen molar-refractivity contribution in [3.8, 4) is 0 Å². The molecule has 0 bridgehead atoms. The number of hydrogen-bond donors (Lipinski definition) is 1. The van der Waals surface area contributed by atoms with Crippen molar-refractivity contribution in [3.05, 3.63) is 54.1 Å². The molecule has 144 valence electrons. The van der Waals surface area contributed by atoms with Gasteiger partial charge in [-0.2, -0.15) is 4.31 Å². The summed E-state index contributed by atoms with van der Waals surface area (Å²) < 4.78 is 26.7. The number of fused-ring (bicyclic) bond motifs is 1. The highest BCUT2D eigenvalue weighted by Crippen LogP contribution is 2.27. The Bertz CT molecular complexity index is 924. The normalized spacial score (nSPS) is 13.7. The molecule has 6 nitrogen and oxygen atoms in total. The van der Waals surface area contributed by atoms with Crippen LogP contribution in [0.4, 0.5) is 11.4 Å². The molecule has 3 rings (SSSR count). The molecule has 1 N–H and O–H groups in total. The van der Waals surface area contributed by atoms with E-state index >= 15 is 0 Å². The summed E-state index contributed by atoms with van der Waals surface area (Å²) in [4.78, 5) is 14.6. The predicted molar refractivity (Wildman–Crippen MR) is 108 cm³/mol. The van der Waals surface area contributed by atoms with Gasteiger partial charge in [-0.1, -0.05) is 38.1 Å². The van der Waals surface area contributed by atoms with E-state index in [1.165, 1.54) is 9.87 Å². The first-order valence-corrected chi connectivity index (χ1v) is 10.6. The highest BCUT2D eigenvalue weighted by atomic mass is 32.2. The van der Waals surface area contributed by atoms with Crippen molar-refractivity contribution in [2.75, 3.05) is 36.4 Å². The van der Waals surface area contributed by atoms with Crippen molar-refractivity contribution in [1.29, 1.82) is 0 Å². The van der Waals surface area contributed by atoms with Gasteiger partial charge in [0.15, 0.2) is 0 Å². The summed E-state index contributed by atoms with van der Waals surface area (Å²) in [7, 11) is -3.52. The average Bonchev–Trinajstić information content (AvgIpc) is 3.11. The number of hydrogen-bond acceptors (Lipinski definition) is 4. The molecule has 1 aliphatic heterocycles. The first-order valence-electron chi connectivity index (χ1n) is 9.19. The maximum absolute atomic E-state index is 12.7. The van der Waals surface area contributed by atoms with E-state index in [-0.39, 0.29) is 17.3 Å². The summed E-state index contributed by atoms with van der Waals surface area (Å²) >= 11 is 0. The van der Waals surface area contributed by atoms with Crippen molar-refractivity contribution >= 4 is 27.3 Å². The number of anilines is 2. The Morgan fingerprint density at radius 3 is 2.59 bits per heavy atom. The van der Waals surface area contributed by atoms with E-state index < -0.39 is 10.0 Å². The van der Waals surface area contributed by atoms with Crippen LogP contribution in [0.2, 0.25) is 0 Å². The molecular weight excluding hydrogens is 362 g/mol. The van der Waals surface area contributed by atoms with Crippen LogP contribution in [0.1, 0.15) is 19.4 Å². The van der Waals surface area contributed by atoms with Crippen LogP contribution in [0.25, 0.3) is 0 Å². The average molecular weight is 388 g/mol. The SMILES string of the molecule is CCN(CC)S(=O)(=O)c1cccc(NCC(=O)N2CCc3ccccc32)c1. The standard InChI is InChI=1S/C20H25N3O3S/c1-3-22(4-2)27(25,26)18-10-7-9-17(14-18)21-15-20(24)23-13-12-16-8-5-6-11-19(16)23/h5-11,14,21H,3-4,12-13,15H2,1-2H3. The molecule has 1 amide bonds. The van der Waals surface area contributed by atoms with Gasteiger partial charge in [0, 0.05) is 31.0 Å². The van der Waals surface area contributed by atoms with Crippen LogP contribution < -0.4 is 10.2 Å². The highest BCUT2D eigenvalue weighted by molar-refractivity contribution is 7.89. The molecule has 27 heavy (non-hydrogen) atoms. The van der Waals surface area contributed by atoms with E-state index in [0.29, 0.717) is 25.3 Å². The third-order valence-corrected chi connectivity index (χ3v) is 6.86. The van der Waals surface area contributed by atoms with Crippen molar-refractivity contribution in [2.24, 2.45) is 0 Å². The summed E-state index contributed by atoms with van der Waals surface area (Å²) in [5.74, 6) is -0.0306. The Morgan fingerprint density at radius 1 is 1.11 bits per heavy atom. The van der Waals surface area contributed by atoms with Gasteiger partial charge < -0.3 is 10.2 Å². The number of carbonyl (C=O) groups excluding carboxylic acids is 1. The van der Waals surface area contributed by atoms with E-state index in [1.54, 1.807) is 29.2 Å². The Balaban J connectivity index is 1.70. The Kier molecular flexibility index (Phi) is 5.82. The molecule has 2 aromatic rings. The van der Waals surface area contributed by atoms with Gasteiger partial charge in [-0.15, -0.1) is 0 Å². The molecular formula is C20H25N3O3S. The predicted octanol–water partition coefficient (Wildman–Crippen LogP) is 2.72. The number of nitrogens with zero attached hydrogens (tertiary/aromatic N) is 2. The second kappa shape index (κ2) is 8.10. The molecule has 2 aromatic carbocycles. The third kappa shape index (κ3) is 3.99. The lowest BCUT2D eigenvalue weighted by Gasteiger charge is -2.20. The maximum atomic E-state index is 12.7. The number of carbonyl (C=O) groups is 1. The Labute approximate surface area is 160 Å². The minimum atomic E-state index is -3.52. The zero-order valence-corrected chi connectivity index (χ0v) is 16.5. The number of para-hydroxylation sites is 1. The van der Waals surface area contributed by atoms with Gasteiger partial charge in [0.05, 0.1) is 11.4 Å². The smallest absolute Gasteiger partial charge is 0.246 e. The summed E-state index contributed by atoms with van der Waals surface area (Å²) in [5, 5.41) is 3.07. The van der Waals surface area contributed by atoms with Crippen LogP contribution in [0.5, 0.6) is 0 Å². The fourth-order valence-electron chi connectivity index (χ4n) is 3.35. The molecule has 1 aliphatic rings. The fourth-order valence-corrected chi connectivity index (χ4v) is 4.85. The molecule has 0 aromatic heterocycles. The number of nitrogens with one attached hydrogen (secondary N) is 1. The molecule has 0 unspecified atom stereocenters. The van der Waals surface area contributed by atoms with E-state index in [0.717, 1.165) is 12.1 Å². The van der Waals surface area contributed by atoms with Gasteiger partial charge in [-0.25, -0.2) is 8.42 Å². The zero-order chi connectivity index (χ0) is 19.4. The molecule has 1 heterocycles. The van der Waals surface area contributed by atoms with Crippen LogP contribution in [-0.4, -0.2) is 44.8 Å². The number of sulfonamides is 1. The van der Waals surface area contributed by atoms with E-state index in [2.05, 4.69) is 5.32 Å². The lowest BCUT2D eigenvalue weighted by atomic mass is 10.2. The summed E-state index contributed by atoms with van der Waals surface area (Å²) in [6.07, 6.45) is 0.861. The Hall–Kier alpha value is -2.38. The molecule has 0 fully saturated rings. The van der Waals surface area contributed by atoms with Gasteiger partial charge in [0.2, 0.25) is 15.9 Å². The number of benzene rings is 2. The monoisotopic (exact) mass is 387 g/mol. The van der Waals surface area contributed by atoms with Crippen LogP contribution in [0.3, 0.4) is 0 Å². The van der Waals surface area contributed by atoms with Crippen molar-refractivity contribution in [3.63, 3.8) is 0 Å². The van der Waals surface area contributed by atoms with Gasteiger partial charge >= 0.3 is 0 Å². The lowest BCUT2D eigenvalue weighted by Crippen LogP contribution is -2.34. The summed E-state index contributed by atoms with van der Waals surface area (Å²) in [6, 6.07) is 14.5. The number of rotatable bonds is 7. The zero-order valence-electron chi connectivity index (χ0n) is 15.7. The maximum Gasteiger partial charge on any atom is 0.246 e. The van der Waals surface area contributed by atoms with Gasteiger partial charge in [0.25, 0.3) is 0 Å². The second-order valence-corrected chi connectivity index (χ2v) is 8.33. The topological polar surface area (TPSA) is 69.7 Å². The minimum Gasteiger partial charge on any atom is -0.376 e. The molecule has 0 aliphatic carbocycles. The van der Waals surface area contributed by atoms with Crippen molar-refractivity contribution < 1.29 is 13.2 Å². The van der Waals surface area contributed by atoms with E-state index in [1.807, 2.05) is 38.1 Å². The van der Waals surface area contributed by atoms with Crippen molar-refractivity contribution in [2.45, 2.75) is 25.2 Å². The number of amides is 1. The lowest BCUT2D eigenvalue weighted by molar-refractivity contribution is -0.116. The van der Waals surface area contributed by atoms with Crippen molar-refractivity contribution in [1.82, 2.24) is 4.31 Å². The summed E-state index contributed by atoms with van der Waals surface area (Å²) in [6.45, 7) is 5.26. The third-order valence-electron chi connectivity index (χ3n) is 4.81. The molecule has 0 atom stereocenters. The van der Waals surface area contributed by atoms with Gasteiger partial charge in [-0.05, 0) is 36.2 Å².